The number of benzene rings is 1. The first-order valence-corrected chi connectivity index (χ1v) is 3.69. The smallest absolute Gasteiger partial charge is 0.249 e. The molecule has 72 valence electrons. The summed E-state index contributed by atoms with van der Waals surface area (Å²) in [5, 5.41) is 6.94. The third-order valence-corrected chi connectivity index (χ3v) is 1.68. The zero-order valence-corrected chi connectivity index (χ0v) is 6.87. The third kappa shape index (κ3) is 1.30. The van der Waals surface area contributed by atoms with Gasteiger partial charge in [0.2, 0.25) is 12.3 Å². The Hall–Kier alpha value is -1.98. The number of hydrogen-bond acceptors (Lipinski definition) is 4. The Labute approximate surface area is 77.4 Å². The van der Waals surface area contributed by atoms with Crippen LogP contribution in [0.3, 0.4) is 0 Å². The van der Waals surface area contributed by atoms with E-state index < -0.39 is 11.6 Å². The van der Waals surface area contributed by atoms with Gasteiger partial charge in [-0.1, -0.05) is 0 Å². The molecule has 2 N–H and O–H groups in total. The van der Waals surface area contributed by atoms with E-state index in [2.05, 4.69) is 10.2 Å². The van der Waals surface area contributed by atoms with Crippen LogP contribution in [0.4, 0.5) is 14.5 Å². The second-order valence-corrected chi connectivity index (χ2v) is 2.60. The molecule has 0 spiro atoms. The van der Waals surface area contributed by atoms with Gasteiger partial charge in [0.15, 0.2) is 11.6 Å². The van der Waals surface area contributed by atoms with Crippen molar-refractivity contribution in [1.29, 1.82) is 0 Å². The van der Waals surface area contributed by atoms with Crippen molar-refractivity contribution in [3.63, 3.8) is 0 Å². The van der Waals surface area contributed by atoms with Crippen LogP contribution in [0.15, 0.2) is 22.9 Å². The van der Waals surface area contributed by atoms with Gasteiger partial charge in [0.05, 0.1) is 5.56 Å². The molecule has 6 heteroatoms. The zero-order valence-electron chi connectivity index (χ0n) is 6.87. The number of nitrogens with two attached hydrogens (primary N) is 1. The molecule has 1 aromatic heterocycles. The number of aromatic nitrogens is 2. The van der Waals surface area contributed by atoms with Crippen molar-refractivity contribution in [1.82, 2.24) is 10.2 Å². The molecule has 0 radical (unpaired) electrons. The lowest BCUT2D eigenvalue weighted by Crippen LogP contribution is -1.94. The molecule has 4 nitrogen and oxygen atoms in total. The lowest BCUT2D eigenvalue weighted by molar-refractivity contribution is 0.508. The summed E-state index contributed by atoms with van der Waals surface area (Å²) in [4.78, 5) is 0. The molecule has 0 saturated carbocycles. The highest BCUT2D eigenvalue weighted by atomic mass is 19.2. The Morgan fingerprint density at radius 1 is 1.21 bits per heavy atom. The summed E-state index contributed by atoms with van der Waals surface area (Å²) in [5.74, 6) is -1.96. The third-order valence-electron chi connectivity index (χ3n) is 1.68. The van der Waals surface area contributed by atoms with Crippen molar-refractivity contribution in [3.8, 4) is 11.5 Å². The van der Waals surface area contributed by atoms with E-state index in [1.165, 1.54) is 0 Å². The first kappa shape index (κ1) is 8.61. The van der Waals surface area contributed by atoms with Crippen LogP contribution in [0, 0.1) is 11.6 Å². The first-order valence-electron chi connectivity index (χ1n) is 3.69. The molecule has 0 aliphatic heterocycles. The summed E-state index contributed by atoms with van der Waals surface area (Å²) < 4.78 is 30.3. The van der Waals surface area contributed by atoms with Gasteiger partial charge in [-0.3, -0.25) is 0 Å². The van der Waals surface area contributed by atoms with Gasteiger partial charge in [-0.2, -0.15) is 0 Å². The Kier molecular flexibility index (Phi) is 1.88. The first-order chi connectivity index (χ1) is 6.68. The van der Waals surface area contributed by atoms with Gasteiger partial charge in [-0.15, -0.1) is 10.2 Å². The van der Waals surface area contributed by atoms with Crippen LogP contribution in [0.25, 0.3) is 11.5 Å². The number of nitrogens with zero attached hydrogens (tertiary/aromatic N) is 2. The van der Waals surface area contributed by atoms with Gasteiger partial charge in [-0.05, 0) is 6.07 Å². The van der Waals surface area contributed by atoms with E-state index in [1.54, 1.807) is 0 Å². The largest absolute Gasteiger partial charge is 0.423 e. The predicted octanol–water partition coefficient (Wildman–Crippen LogP) is 1.60. The maximum Gasteiger partial charge on any atom is 0.249 e. The minimum atomic E-state index is -1.01. The molecular formula is C8H5F2N3O. The zero-order chi connectivity index (χ0) is 10.1. The maximum atomic E-state index is 12.8. The molecule has 1 aromatic carbocycles. The summed E-state index contributed by atoms with van der Waals surface area (Å²) in [7, 11) is 0. The molecule has 0 aliphatic carbocycles. The van der Waals surface area contributed by atoms with E-state index in [0.717, 1.165) is 18.5 Å². The minimum absolute atomic E-state index is 0.0492. The summed E-state index contributed by atoms with van der Waals surface area (Å²) in [5.41, 5.74) is 5.68. The van der Waals surface area contributed by atoms with Crippen molar-refractivity contribution in [3.05, 3.63) is 30.2 Å². The van der Waals surface area contributed by atoms with Crippen molar-refractivity contribution >= 4 is 5.69 Å². The molecule has 1 heterocycles. The normalized spacial score (nSPS) is 10.4. The van der Waals surface area contributed by atoms with E-state index in [9.17, 15) is 8.78 Å². The average Bonchev–Trinajstić information content (AvgIpc) is 2.64. The van der Waals surface area contributed by atoms with Gasteiger partial charge in [0.25, 0.3) is 0 Å². The van der Waals surface area contributed by atoms with E-state index in [1.807, 2.05) is 0 Å². The van der Waals surface area contributed by atoms with Crippen molar-refractivity contribution in [2.75, 3.05) is 5.73 Å². The minimum Gasteiger partial charge on any atom is -0.423 e. The number of anilines is 1. The van der Waals surface area contributed by atoms with Crippen LogP contribution in [0.1, 0.15) is 0 Å². The van der Waals surface area contributed by atoms with E-state index in [-0.39, 0.29) is 17.1 Å². The summed E-state index contributed by atoms with van der Waals surface area (Å²) in [6, 6.07) is 1.78. The fourth-order valence-corrected chi connectivity index (χ4v) is 1.04. The second kappa shape index (κ2) is 3.06. The molecule has 0 atom stereocenters. The number of halogens is 2. The van der Waals surface area contributed by atoms with Gasteiger partial charge in [-0.25, -0.2) is 8.78 Å². The highest BCUT2D eigenvalue weighted by molar-refractivity contribution is 5.70. The predicted molar refractivity (Wildman–Crippen MR) is 44.1 cm³/mol. The van der Waals surface area contributed by atoms with Gasteiger partial charge in [0.1, 0.15) is 0 Å². The van der Waals surface area contributed by atoms with Crippen LogP contribution in [0.5, 0.6) is 0 Å². The molecule has 0 bridgehead atoms. The molecule has 2 rings (SSSR count). The van der Waals surface area contributed by atoms with Crippen LogP contribution in [0.2, 0.25) is 0 Å². The van der Waals surface area contributed by atoms with Crippen molar-refractivity contribution < 1.29 is 13.2 Å². The van der Waals surface area contributed by atoms with E-state index >= 15 is 0 Å². The standard InChI is InChI=1S/C8H5F2N3O/c9-5-1-4(7(11)2-6(5)10)8-13-12-3-14-8/h1-3H,11H2. The summed E-state index contributed by atoms with van der Waals surface area (Å²) in [6.45, 7) is 0. The summed E-state index contributed by atoms with van der Waals surface area (Å²) >= 11 is 0. The Morgan fingerprint density at radius 3 is 2.57 bits per heavy atom. The van der Waals surface area contributed by atoms with Crippen LogP contribution < -0.4 is 5.73 Å². The molecular weight excluding hydrogens is 192 g/mol. The van der Waals surface area contributed by atoms with E-state index in [0.29, 0.717) is 0 Å². The SMILES string of the molecule is Nc1cc(F)c(F)cc1-c1nnco1. The highest BCUT2D eigenvalue weighted by Gasteiger charge is 2.12. The fourth-order valence-electron chi connectivity index (χ4n) is 1.04. The Bertz CT molecular complexity index is 456. The number of hydrogen-bond donors (Lipinski definition) is 1. The highest BCUT2D eigenvalue weighted by Crippen LogP contribution is 2.25. The van der Waals surface area contributed by atoms with Gasteiger partial charge in [0, 0.05) is 11.8 Å². The molecule has 0 amide bonds. The topological polar surface area (TPSA) is 64.9 Å². The molecule has 0 aliphatic rings. The Morgan fingerprint density at radius 2 is 1.93 bits per heavy atom. The molecule has 2 aromatic rings. The lowest BCUT2D eigenvalue weighted by atomic mass is 10.1. The van der Waals surface area contributed by atoms with E-state index in [4.69, 9.17) is 10.2 Å². The quantitative estimate of drug-likeness (QED) is 0.705. The van der Waals surface area contributed by atoms with Gasteiger partial charge < -0.3 is 10.2 Å². The van der Waals surface area contributed by atoms with Crippen molar-refractivity contribution in [2.45, 2.75) is 0 Å². The van der Waals surface area contributed by atoms with Crippen LogP contribution >= 0.6 is 0 Å². The van der Waals surface area contributed by atoms with Crippen LogP contribution in [-0.4, -0.2) is 10.2 Å². The molecule has 0 unspecified atom stereocenters. The summed E-state index contributed by atoms with van der Waals surface area (Å²) in [6.07, 6.45) is 1.08. The second-order valence-electron chi connectivity index (χ2n) is 2.60. The van der Waals surface area contributed by atoms with Crippen molar-refractivity contribution in [2.24, 2.45) is 0 Å². The maximum absolute atomic E-state index is 12.8. The average molecular weight is 197 g/mol. The molecule has 0 fully saturated rings. The number of rotatable bonds is 1. The van der Waals surface area contributed by atoms with Gasteiger partial charge >= 0.3 is 0 Å². The number of nitrogen functional groups attached to an aromatic ring is 1. The van der Waals surface area contributed by atoms with Crippen LogP contribution in [-0.2, 0) is 0 Å². The molecule has 14 heavy (non-hydrogen) atoms. The fraction of sp³-hybridized carbons (Fsp3) is 0. The lowest BCUT2D eigenvalue weighted by Gasteiger charge is -2.01. The molecule has 0 saturated heterocycles. The Balaban J connectivity index is 2.60. The monoisotopic (exact) mass is 197 g/mol.